The van der Waals surface area contributed by atoms with Crippen LogP contribution in [0.5, 0.6) is 0 Å². The summed E-state index contributed by atoms with van der Waals surface area (Å²) >= 11 is 3.48. The lowest BCUT2D eigenvalue weighted by molar-refractivity contribution is 0.455. The van der Waals surface area contributed by atoms with Crippen LogP contribution in [0.15, 0.2) is 28.7 Å². The third-order valence-corrected chi connectivity index (χ3v) is 3.96. The number of hydrogen-bond donors (Lipinski definition) is 1. The van der Waals surface area contributed by atoms with Crippen LogP contribution < -0.4 is 0 Å². The molecule has 1 aliphatic rings. The van der Waals surface area contributed by atoms with Crippen LogP contribution in [-0.4, -0.2) is 17.8 Å². The van der Waals surface area contributed by atoms with Crippen molar-refractivity contribution in [2.45, 2.75) is 32.2 Å². The minimum atomic E-state index is 0.493. The number of hydrogen-bond acceptors (Lipinski definition) is 1. The summed E-state index contributed by atoms with van der Waals surface area (Å²) in [5.74, 6) is 1.30. The maximum Gasteiger partial charge on any atom is 0.0989 e. The SMILES string of the molecule is CN(Cc1cccc(Br)c1)C(=N)C1CCCC1. The van der Waals surface area contributed by atoms with Crippen molar-refractivity contribution in [3.05, 3.63) is 34.3 Å². The summed E-state index contributed by atoms with van der Waals surface area (Å²) in [6.07, 6.45) is 4.97. The quantitative estimate of drug-likeness (QED) is 0.661. The van der Waals surface area contributed by atoms with Crippen molar-refractivity contribution in [2.75, 3.05) is 7.05 Å². The van der Waals surface area contributed by atoms with Crippen LogP contribution in [0.1, 0.15) is 31.2 Å². The largest absolute Gasteiger partial charge is 0.359 e. The molecule has 0 aliphatic heterocycles. The molecule has 1 aromatic rings. The van der Waals surface area contributed by atoms with E-state index in [1.54, 1.807) is 0 Å². The van der Waals surface area contributed by atoms with E-state index in [1.165, 1.54) is 31.2 Å². The molecule has 92 valence electrons. The highest BCUT2D eigenvalue weighted by atomic mass is 79.9. The van der Waals surface area contributed by atoms with E-state index in [0.717, 1.165) is 16.9 Å². The molecule has 3 heteroatoms. The first-order valence-corrected chi connectivity index (χ1v) is 7.00. The Bertz CT molecular complexity index is 397. The summed E-state index contributed by atoms with van der Waals surface area (Å²) in [6, 6.07) is 8.32. The summed E-state index contributed by atoms with van der Waals surface area (Å²) in [4.78, 5) is 2.08. The zero-order valence-corrected chi connectivity index (χ0v) is 11.8. The van der Waals surface area contributed by atoms with Gasteiger partial charge in [0.1, 0.15) is 0 Å². The van der Waals surface area contributed by atoms with Gasteiger partial charge in [0, 0.05) is 24.0 Å². The lowest BCUT2D eigenvalue weighted by Crippen LogP contribution is -2.30. The van der Waals surface area contributed by atoms with E-state index >= 15 is 0 Å². The molecule has 1 fully saturated rings. The van der Waals surface area contributed by atoms with E-state index in [-0.39, 0.29) is 0 Å². The van der Waals surface area contributed by atoms with Crippen molar-refractivity contribution in [1.29, 1.82) is 5.41 Å². The van der Waals surface area contributed by atoms with Crippen molar-refractivity contribution in [3.63, 3.8) is 0 Å². The van der Waals surface area contributed by atoms with Gasteiger partial charge in [-0.15, -0.1) is 0 Å². The summed E-state index contributed by atoms with van der Waals surface area (Å²) in [5, 5.41) is 8.21. The topological polar surface area (TPSA) is 27.1 Å². The highest BCUT2D eigenvalue weighted by Crippen LogP contribution is 2.27. The van der Waals surface area contributed by atoms with Crippen LogP contribution >= 0.6 is 15.9 Å². The molecule has 1 aromatic carbocycles. The van der Waals surface area contributed by atoms with Gasteiger partial charge in [0.2, 0.25) is 0 Å². The van der Waals surface area contributed by atoms with E-state index in [0.29, 0.717) is 5.92 Å². The minimum absolute atomic E-state index is 0.493. The van der Waals surface area contributed by atoms with Gasteiger partial charge in [-0.25, -0.2) is 0 Å². The van der Waals surface area contributed by atoms with Crippen LogP contribution in [0.2, 0.25) is 0 Å². The smallest absolute Gasteiger partial charge is 0.0989 e. The number of rotatable bonds is 3. The zero-order chi connectivity index (χ0) is 12.3. The molecule has 17 heavy (non-hydrogen) atoms. The first-order valence-electron chi connectivity index (χ1n) is 6.21. The van der Waals surface area contributed by atoms with E-state index in [9.17, 15) is 0 Å². The lowest BCUT2D eigenvalue weighted by Gasteiger charge is -2.24. The lowest BCUT2D eigenvalue weighted by atomic mass is 10.1. The predicted octanol–water partition coefficient (Wildman–Crippen LogP) is 4.05. The molecule has 1 saturated carbocycles. The Morgan fingerprint density at radius 2 is 2.12 bits per heavy atom. The number of halogens is 1. The van der Waals surface area contributed by atoms with Crippen LogP contribution in [0.25, 0.3) is 0 Å². The second-order valence-electron chi connectivity index (χ2n) is 4.85. The molecule has 1 aliphatic carbocycles. The molecule has 1 N–H and O–H groups in total. The van der Waals surface area contributed by atoms with Crippen LogP contribution in [0.4, 0.5) is 0 Å². The van der Waals surface area contributed by atoms with E-state index in [2.05, 4.69) is 33.0 Å². The Hall–Kier alpha value is -0.830. The number of amidine groups is 1. The van der Waals surface area contributed by atoms with Crippen molar-refractivity contribution in [1.82, 2.24) is 4.90 Å². The van der Waals surface area contributed by atoms with Gasteiger partial charge in [-0.1, -0.05) is 40.9 Å². The summed E-state index contributed by atoms with van der Waals surface area (Å²) in [6.45, 7) is 0.828. The molecule has 0 spiro atoms. The first kappa shape index (κ1) is 12.6. The molecule has 0 heterocycles. The Balaban J connectivity index is 1.96. The molecule has 0 atom stereocenters. The second kappa shape index (κ2) is 5.67. The van der Waals surface area contributed by atoms with Gasteiger partial charge >= 0.3 is 0 Å². The molecule has 0 aromatic heterocycles. The van der Waals surface area contributed by atoms with E-state index in [4.69, 9.17) is 5.41 Å². The van der Waals surface area contributed by atoms with Gasteiger partial charge in [0.05, 0.1) is 5.84 Å². The number of nitrogens with zero attached hydrogens (tertiary/aromatic N) is 1. The Labute approximate surface area is 112 Å². The fourth-order valence-corrected chi connectivity index (χ4v) is 2.95. The fourth-order valence-electron chi connectivity index (χ4n) is 2.51. The molecule has 2 rings (SSSR count). The Morgan fingerprint density at radius 1 is 1.41 bits per heavy atom. The monoisotopic (exact) mass is 294 g/mol. The second-order valence-corrected chi connectivity index (χ2v) is 5.77. The zero-order valence-electron chi connectivity index (χ0n) is 10.2. The van der Waals surface area contributed by atoms with Crippen molar-refractivity contribution < 1.29 is 0 Å². The van der Waals surface area contributed by atoms with Gasteiger partial charge in [0.15, 0.2) is 0 Å². The third-order valence-electron chi connectivity index (χ3n) is 3.46. The Kier molecular flexibility index (Phi) is 4.21. The highest BCUT2D eigenvalue weighted by Gasteiger charge is 2.22. The Morgan fingerprint density at radius 3 is 2.76 bits per heavy atom. The molecule has 0 unspecified atom stereocenters. The van der Waals surface area contributed by atoms with Gasteiger partial charge in [-0.05, 0) is 30.5 Å². The van der Waals surface area contributed by atoms with Crippen LogP contribution in [0, 0.1) is 11.3 Å². The van der Waals surface area contributed by atoms with Crippen LogP contribution in [-0.2, 0) is 6.54 Å². The van der Waals surface area contributed by atoms with Crippen molar-refractivity contribution >= 4 is 21.8 Å². The fraction of sp³-hybridized carbons (Fsp3) is 0.500. The first-order chi connectivity index (χ1) is 8.16. The molecular weight excluding hydrogens is 276 g/mol. The molecule has 0 radical (unpaired) electrons. The maximum absolute atomic E-state index is 8.21. The molecular formula is C14H19BrN2. The van der Waals surface area contributed by atoms with Crippen molar-refractivity contribution in [3.8, 4) is 0 Å². The average molecular weight is 295 g/mol. The van der Waals surface area contributed by atoms with E-state index in [1.807, 2.05) is 19.2 Å². The van der Waals surface area contributed by atoms with Gasteiger partial charge in [-0.2, -0.15) is 0 Å². The summed E-state index contributed by atoms with van der Waals surface area (Å²) in [5.41, 5.74) is 1.25. The standard InChI is InChI=1S/C14H19BrN2/c1-17(14(16)12-6-2-3-7-12)10-11-5-4-8-13(15)9-11/h4-5,8-9,12,16H,2-3,6-7,10H2,1H3. The average Bonchev–Trinajstić information content (AvgIpc) is 2.81. The van der Waals surface area contributed by atoms with Crippen LogP contribution in [0.3, 0.4) is 0 Å². The molecule has 0 amide bonds. The van der Waals surface area contributed by atoms with Gasteiger partial charge < -0.3 is 4.90 Å². The third kappa shape index (κ3) is 3.32. The van der Waals surface area contributed by atoms with E-state index < -0.39 is 0 Å². The van der Waals surface area contributed by atoms with Gasteiger partial charge in [-0.3, -0.25) is 5.41 Å². The minimum Gasteiger partial charge on any atom is -0.359 e. The maximum atomic E-state index is 8.21. The summed E-state index contributed by atoms with van der Waals surface area (Å²) in [7, 11) is 2.03. The highest BCUT2D eigenvalue weighted by molar-refractivity contribution is 9.10. The summed E-state index contributed by atoms with van der Waals surface area (Å²) < 4.78 is 1.11. The normalized spacial score (nSPS) is 16.1. The number of benzene rings is 1. The van der Waals surface area contributed by atoms with Crippen molar-refractivity contribution in [2.24, 2.45) is 5.92 Å². The molecule has 0 bridgehead atoms. The predicted molar refractivity (Wildman–Crippen MR) is 75.3 cm³/mol. The molecule has 2 nitrogen and oxygen atoms in total. The van der Waals surface area contributed by atoms with Gasteiger partial charge in [0.25, 0.3) is 0 Å². The molecule has 0 saturated heterocycles. The number of nitrogens with one attached hydrogen (secondary N) is 1.